The number of ether oxygens (including phenoxy) is 2. The van der Waals surface area contributed by atoms with E-state index in [1.54, 1.807) is 23.1 Å². The van der Waals surface area contributed by atoms with Crippen molar-refractivity contribution < 1.29 is 24.0 Å². The second kappa shape index (κ2) is 8.90. The fourth-order valence-corrected chi connectivity index (χ4v) is 3.05. The van der Waals surface area contributed by atoms with Crippen LogP contribution in [0.5, 0.6) is 0 Å². The number of amides is 1. The van der Waals surface area contributed by atoms with Gasteiger partial charge >= 0.3 is 12.1 Å². The molecule has 0 aromatic heterocycles. The number of nitrogens with one attached hydrogen (secondary N) is 1. The zero-order chi connectivity index (χ0) is 20.9. The molecule has 1 fully saturated rings. The van der Waals surface area contributed by atoms with E-state index in [4.69, 9.17) is 4.74 Å². The third-order valence-electron chi connectivity index (χ3n) is 4.37. The fourth-order valence-electron chi connectivity index (χ4n) is 3.05. The number of likely N-dealkylation sites (tertiary alicyclic amines) is 1. The summed E-state index contributed by atoms with van der Waals surface area (Å²) in [5.41, 5.74) is -0.00926. The van der Waals surface area contributed by atoms with Gasteiger partial charge in [0.25, 0.3) is 5.69 Å². The van der Waals surface area contributed by atoms with Crippen LogP contribution in [0.15, 0.2) is 18.2 Å². The first-order valence-electron chi connectivity index (χ1n) is 9.18. The molecule has 0 unspecified atom stereocenters. The van der Waals surface area contributed by atoms with Gasteiger partial charge in [-0.1, -0.05) is 12.1 Å². The van der Waals surface area contributed by atoms with Gasteiger partial charge in [0.05, 0.1) is 18.5 Å². The topological polar surface area (TPSA) is 111 Å². The smallest absolute Gasteiger partial charge is 0.410 e. The molecule has 1 N–H and O–H groups in total. The Balaban J connectivity index is 2.05. The van der Waals surface area contributed by atoms with E-state index in [-0.39, 0.29) is 24.2 Å². The van der Waals surface area contributed by atoms with Crippen LogP contribution in [-0.2, 0) is 20.7 Å². The highest BCUT2D eigenvalue weighted by Crippen LogP contribution is 2.31. The molecule has 9 nitrogen and oxygen atoms in total. The molecule has 0 radical (unpaired) electrons. The van der Waals surface area contributed by atoms with E-state index in [0.29, 0.717) is 37.2 Å². The van der Waals surface area contributed by atoms with Crippen LogP contribution < -0.4 is 5.32 Å². The van der Waals surface area contributed by atoms with Crippen molar-refractivity contribution in [3.05, 3.63) is 33.9 Å². The van der Waals surface area contributed by atoms with Crippen LogP contribution in [0.1, 0.15) is 39.2 Å². The number of hydrogen-bond acceptors (Lipinski definition) is 7. The predicted octanol–water partition coefficient (Wildman–Crippen LogP) is 3.12. The molecule has 1 heterocycles. The SMILES string of the molecule is COC(=O)Cc1cccc(NC2CCN(C(=O)OC(C)(C)C)CC2)c1[N+](=O)[O-]. The fraction of sp³-hybridized carbons (Fsp3) is 0.579. The van der Waals surface area contributed by atoms with Crippen LogP contribution in [-0.4, -0.2) is 53.7 Å². The average Bonchev–Trinajstić information content (AvgIpc) is 2.60. The van der Waals surface area contributed by atoms with Crippen molar-refractivity contribution in [3.8, 4) is 0 Å². The Bertz CT molecular complexity index is 736. The lowest BCUT2D eigenvalue weighted by Gasteiger charge is -2.34. The lowest BCUT2D eigenvalue weighted by Crippen LogP contribution is -2.44. The minimum Gasteiger partial charge on any atom is -0.469 e. The van der Waals surface area contributed by atoms with Crippen LogP contribution in [0.2, 0.25) is 0 Å². The van der Waals surface area contributed by atoms with Crippen LogP contribution in [0.4, 0.5) is 16.2 Å². The zero-order valence-corrected chi connectivity index (χ0v) is 16.7. The predicted molar refractivity (Wildman–Crippen MR) is 103 cm³/mol. The lowest BCUT2D eigenvalue weighted by molar-refractivity contribution is -0.384. The van der Waals surface area contributed by atoms with Gasteiger partial charge in [-0.2, -0.15) is 0 Å². The standard InChI is InChI=1S/C19H27N3O6/c1-19(2,3)28-18(24)21-10-8-14(9-11-21)20-15-7-5-6-13(12-16(23)27-4)17(15)22(25)26/h5-7,14,20H,8-12H2,1-4H3. The van der Waals surface area contributed by atoms with Gasteiger partial charge in [0.15, 0.2) is 0 Å². The largest absolute Gasteiger partial charge is 0.469 e. The molecule has 0 saturated carbocycles. The van der Waals surface area contributed by atoms with Gasteiger partial charge < -0.3 is 19.7 Å². The van der Waals surface area contributed by atoms with Gasteiger partial charge in [0, 0.05) is 24.7 Å². The van der Waals surface area contributed by atoms with Gasteiger partial charge in [-0.3, -0.25) is 14.9 Å². The number of esters is 1. The third kappa shape index (κ3) is 5.83. The number of nitro groups is 1. The molecule has 1 aromatic rings. The normalized spacial score (nSPS) is 15.1. The maximum atomic E-state index is 12.1. The number of benzene rings is 1. The number of nitrogens with zero attached hydrogens (tertiary/aromatic N) is 2. The maximum Gasteiger partial charge on any atom is 0.410 e. The first-order chi connectivity index (χ1) is 13.1. The first-order valence-corrected chi connectivity index (χ1v) is 9.18. The van der Waals surface area contributed by atoms with E-state index in [9.17, 15) is 19.7 Å². The van der Waals surface area contributed by atoms with Crippen LogP contribution in [0.25, 0.3) is 0 Å². The average molecular weight is 393 g/mol. The summed E-state index contributed by atoms with van der Waals surface area (Å²) in [7, 11) is 1.24. The monoisotopic (exact) mass is 393 g/mol. The van der Waals surface area contributed by atoms with E-state index in [1.807, 2.05) is 20.8 Å². The van der Waals surface area contributed by atoms with Crippen molar-refractivity contribution >= 4 is 23.4 Å². The van der Waals surface area contributed by atoms with E-state index in [2.05, 4.69) is 10.1 Å². The molecule has 1 aliphatic heterocycles. The van der Waals surface area contributed by atoms with E-state index >= 15 is 0 Å². The molecular weight excluding hydrogens is 366 g/mol. The zero-order valence-electron chi connectivity index (χ0n) is 16.7. The van der Waals surface area contributed by atoms with E-state index in [0.717, 1.165) is 0 Å². The number of para-hydroxylation sites is 1. The highest BCUT2D eigenvalue weighted by molar-refractivity contribution is 5.77. The quantitative estimate of drug-likeness (QED) is 0.465. The van der Waals surface area contributed by atoms with Gasteiger partial charge in [0.1, 0.15) is 11.3 Å². The molecule has 1 saturated heterocycles. The number of anilines is 1. The minimum atomic E-state index is -0.549. The summed E-state index contributed by atoms with van der Waals surface area (Å²) in [6.07, 6.45) is 0.756. The van der Waals surface area contributed by atoms with Crippen molar-refractivity contribution in [1.82, 2.24) is 4.90 Å². The highest BCUT2D eigenvalue weighted by atomic mass is 16.6. The van der Waals surface area contributed by atoms with Gasteiger partial charge in [0.2, 0.25) is 0 Å². The number of rotatable bonds is 5. The summed E-state index contributed by atoms with van der Waals surface area (Å²) in [5, 5.41) is 14.8. The Morgan fingerprint density at radius 3 is 2.46 bits per heavy atom. The molecular formula is C19H27N3O6. The molecule has 0 atom stereocenters. The molecule has 2 rings (SSSR count). The summed E-state index contributed by atoms with van der Waals surface area (Å²) < 4.78 is 9.99. The number of piperidine rings is 1. The Kier molecular flexibility index (Phi) is 6.82. The Hall–Kier alpha value is -2.84. The van der Waals surface area contributed by atoms with Crippen molar-refractivity contribution in [2.24, 2.45) is 0 Å². The summed E-state index contributed by atoms with van der Waals surface area (Å²) in [6.45, 7) is 6.46. The van der Waals surface area contributed by atoms with Crippen molar-refractivity contribution in [1.29, 1.82) is 0 Å². The van der Waals surface area contributed by atoms with E-state index < -0.39 is 16.5 Å². The van der Waals surface area contributed by atoms with Gasteiger partial charge in [-0.15, -0.1) is 0 Å². The maximum absolute atomic E-state index is 12.1. The molecule has 1 aliphatic rings. The number of carbonyl (C=O) groups excluding carboxylic acids is 2. The van der Waals surface area contributed by atoms with Crippen molar-refractivity contribution in [2.45, 2.75) is 51.7 Å². The molecule has 28 heavy (non-hydrogen) atoms. The number of carbonyl (C=O) groups is 2. The second-order valence-electron chi connectivity index (χ2n) is 7.71. The van der Waals surface area contributed by atoms with Crippen molar-refractivity contribution in [3.63, 3.8) is 0 Å². The first kappa shape index (κ1) is 21.5. The summed E-state index contributed by atoms with van der Waals surface area (Å²) in [6, 6.07) is 4.82. The number of hydrogen-bond donors (Lipinski definition) is 1. The molecule has 1 amide bonds. The van der Waals surface area contributed by atoms with Crippen LogP contribution in [0, 0.1) is 10.1 Å². The van der Waals surface area contributed by atoms with Gasteiger partial charge in [-0.25, -0.2) is 4.79 Å². The lowest BCUT2D eigenvalue weighted by atomic mass is 10.0. The Morgan fingerprint density at radius 1 is 1.29 bits per heavy atom. The molecule has 0 bridgehead atoms. The second-order valence-corrected chi connectivity index (χ2v) is 7.71. The molecule has 154 valence electrons. The highest BCUT2D eigenvalue weighted by Gasteiger charge is 2.29. The van der Waals surface area contributed by atoms with Crippen LogP contribution >= 0.6 is 0 Å². The minimum absolute atomic E-state index is 0.0224. The number of nitro benzene ring substituents is 1. The molecule has 0 aliphatic carbocycles. The van der Waals surface area contributed by atoms with Crippen LogP contribution in [0.3, 0.4) is 0 Å². The Labute approximate surface area is 164 Å². The molecule has 1 aromatic carbocycles. The summed E-state index contributed by atoms with van der Waals surface area (Å²) in [4.78, 5) is 36.4. The van der Waals surface area contributed by atoms with Crippen molar-refractivity contribution in [2.75, 3.05) is 25.5 Å². The third-order valence-corrected chi connectivity index (χ3v) is 4.37. The summed E-state index contributed by atoms with van der Waals surface area (Å²) in [5.74, 6) is -0.536. The number of methoxy groups -OCH3 is 1. The summed E-state index contributed by atoms with van der Waals surface area (Å²) >= 11 is 0. The Morgan fingerprint density at radius 2 is 1.93 bits per heavy atom. The molecule has 0 spiro atoms. The molecule has 9 heteroatoms. The van der Waals surface area contributed by atoms with E-state index in [1.165, 1.54) is 7.11 Å². The van der Waals surface area contributed by atoms with Gasteiger partial charge in [-0.05, 0) is 39.7 Å².